The molecule has 0 saturated carbocycles. The molecule has 39 heavy (non-hydrogen) atoms. The molecule has 0 atom stereocenters. The van der Waals surface area contributed by atoms with Crippen LogP contribution in [0.5, 0.6) is 0 Å². The van der Waals surface area contributed by atoms with Crippen LogP contribution in [0.2, 0.25) is 0 Å². The largest absolute Gasteiger partial charge is 0.439 e. The number of hydrogen-bond donors (Lipinski definition) is 2. The van der Waals surface area contributed by atoms with Crippen LogP contribution in [0.4, 0.5) is 0 Å². The minimum Gasteiger partial charge on any atom is -0.396 e. The van der Waals surface area contributed by atoms with Gasteiger partial charge in [-0.3, -0.25) is 18.9 Å². The summed E-state index contributed by atoms with van der Waals surface area (Å²) in [6.07, 6.45) is 2.65. The Balaban J connectivity index is 1.49. The third-order valence-electron chi connectivity index (χ3n) is 6.78. The normalized spacial score (nSPS) is 11.2. The maximum atomic E-state index is 13.8. The summed E-state index contributed by atoms with van der Waals surface area (Å²) in [5.41, 5.74) is 6.85. The fourth-order valence-electron chi connectivity index (χ4n) is 4.88. The van der Waals surface area contributed by atoms with E-state index in [4.69, 9.17) is 9.51 Å². The van der Waals surface area contributed by atoms with Gasteiger partial charge in [0.15, 0.2) is 5.82 Å². The highest BCUT2D eigenvalue weighted by molar-refractivity contribution is 5.80. The smallest absolute Gasteiger partial charge is 0.396 e. The lowest BCUT2D eigenvalue weighted by atomic mass is 9.96. The van der Waals surface area contributed by atoms with Crippen LogP contribution in [0.3, 0.4) is 0 Å². The van der Waals surface area contributed by atoms with Crippen molar-refractivity contribution < 1.29 is 9.63 Å². The van der Waals surface area contributed by atoms with Crippen molar-refractivity contribution in [1.29, 1.82) is 0 Å². The summed E-state index contributed by atoms with van der Waals surface area (Å²) in [5.74, 6) is 0.427. The van der Waals surface area contributed by atoms with Crippen LogP contribution < -0.4 is 11.3 Å². The van der Waals surface area contributed by atoms with Crippen LogP contribution in [0, 0.1) is 6.92 Å². The number of aliphatic hydroxyl groups is 1. The fourth-order valence-corrected chi connectivity index (χ4v) is 4.88. The van der Waals surface area contributed by atoms with Crippen molar-refractivity contribution in [3.63, 3.8) is 0 Å². The number of H-pyrrole nitrogens is 1. The van der Waals surface area contributed by atoms with Gasteiger partial charge in [-0.15, -0.1) is 0 Å². The van der Waals surface area contributed by atoms with Crippen molar-refractivity contribution >= 4 is 0 Å². The SMILES string of the molecule is CCCc1nc(C)n(-c2ccc(CCO)cc2)c(=O)c1Cc1ccc(-c2ccccc2-c2noc(=O)[nH]2)cc1. The van der Waals surface area contributed by atoms with Crippen LogP contribution in [-0.4, -0.2) is 31.4 Å². The first-order valence-electron chi connectivity index (χ1n) is 13.0. The van der Waals surface area contributed by atoms with Crippen molar-refractivity contribution in [3.8, 4) is 28.2 Å². The molecule has 2 N–H and O–H groups in total. The number of aryl methyl sites for hydroxylation is 2. The standard InChI is InChI=1S/C31H30N4O4/c1-3-6-28-27(30(37)35(20(2)32-28)24-15-11-21(12-16-24)17-18-36)19-22-9-13-23(14-10-22)25-7-4-5-8-26(25)29-33-31(38)39-34-29/h4-5,7-16,36H,3,6,17-19H2,1-2H3,(H,33,34,38). The number of nitrogens with one attached hydrogen (secondary N) is 1. The number of aromatic amines is 1. The second kappa shape index (κ2) is 11.4. The molecule has 198 valence electrons. The molecular formula is C31H30N4O4. The second-order valence-corrected chi connectivity index (χ2v) is 9.48. The van der Waals surface area contributed by atoms with Gasteiger partial charge in [-0.25, -0.2) is 9.78 Å². The Morgan fingerprint density at radius 1 is 0.897 bits per heavy atom. The maximum Gasteiger partial charge on any atom is 0.439 e. The number of aromatic nitrogens is 4. The lowest BCUT2D eigenvalue weighted by Crippen LogP contribution is -2.28. The highest BCUT2D eigenvalue weighted by Gasteiger charge is 2.17. The van der Waals surface area contributed by atoms with Gasteiger partial charge in [0.25, 0.3) is 5.56 Å². The molecule has 8 nitrogen and oxygen atoms in total. The van der Waals surface area contributed by atoms with Crippen molar-refractivity contribution in [2.24, 2.45) is 0 Å². The molecule has 0 aliphatic heterocycles. The predicted molar refractivity (Wildman–Crippen MR) is 150 cm³/mol. The van der Waals surface area contributed by atoms with E-state index in [1.165, 1.54) is 0 Å². The lowest BCUT2D eigenvalue weighted by molar-refractivity contribution is 0.299. The van der Waals surface area contributed by atoms with Crippen LogP contribution in [0.25, 0.3) is 28.2 Å². The Morgan fingerprint density at radius 2 is 1.59 bits per heavy atom. The summed E-state index contributed by atoms with van der Waals surface area (Å²) in [4.78, 5) is 32.8. The minimum absolute atomic E-state index is 0.0646. The second-order valence-electron chi connectivity index (χ2n) is 9.48. The Labute approximate surface area is 225 Å². The van der Waals surface area contributed by atoms with Gasteiger partial charge in [-0.05, 0) is 54.2 Å². The first kappa shape index (κ1) is 26.1. The van der Waals surface area contributed by atoms with E-state index in [0.29, 0.717) is 30.1 Å². The van der Waals surface area contributed by atoms with Crippen molar-refractivity contribution in [3.05, 3.63) is 122 Å². The number of aliphatic hydroxyl groups excluding tert-OH is 1. The number of benzene rings is 3. The van der Waals surface area contributed by atoms with E-state index >= 15 is 0 Å². The van der Waals surface area contributed by atoms with Gasteiger partial charge in [-0.1, -0.05) is 79.2 Å². The Bertz CT molecular complexity index is 1700. The Kier molecular flexibility index (Phi) is 7.65. The van der Waals surface area contributed by atoms with Gasteiger partial charge >= 0.3 is 5.76 Å². The average molecular weight is 523 g/mol. The van der Waals surface area contributed by atoms with E-state index in [1.54, 1.807) is 4.57 Å². The van der Waals surface area contributed by atoms with Crippen molar-refractivity contribution in [2.45, 2.75) is 39.5 Å². The quantitative estimate of drug-likeness (QED) is 0.292. The van der Waals surface area contributed by atoms with Gasteiger partial charge in [-0.2, -0.15) is 0 Å². The van der Waals surface area contributed by atoms with Gasteiger partial charge in [0.1, 0.15) is 5.82 Å². The summed E-state index contributed by atoms with van der Waals surface area (Å²) < 4.78 is 6.36. The third kappa shape index (κ3) is 5.51. The van der Waals surface area contributed by atoms with Gasteiger partial charge in [0.2, 0.25) is 0 Å². The molecule has 8 heteroatoms. The number of hydrogen-bond acceptors (Lipinski definition) is 6. The Morgan fingerprint density at radius 3 is 2.23 bits per heavy atom. The molecule has 5 aromatic rings. The summed E-state index contributed by atoms with van der Waals surface area (Å²) in [5, 5.41) is 13.1. The Hall–Kier alpha value is -4.56. The number of rotatable bonds is 9. The zero-order valence-corrected chi connectivity index (χ0v) is 22.0. The lowest BCUT2D eigenvalue weighted by Gasteiger charge is -2.16. The molecule has 0 spiro atoms. The molecule has 0 bridgehead atoms. The first-order valence-corrected chi connectivity index (χ1v) is 13.0. The highest BCUT2D eigenvalue weighted by atomic mass is 16.5. The van der Waals surface area contributed by atoms with Crippen LogP contribution in [-0.2, 0) is 19.3 Å². The molecule has 0 unspecified atom stereocenters. The van der Waals surface area contributed by atoms with Gasteiger partial charge in [0.05, 0.1) is 11.4 Å². The summed E-state index contributed by atoms with van der Waals surface area (Å²) >= 11 is 0. The van der Waals surface area contributed by atoms with E-state index < -0.39 is 5.76 Å². The minimum atomic E-state index is -0.600. The molecule has 0 saturated heterocycles. The summed E-state index contributed by atoms with van der Waals surface area (Å²) in [6, 6.07) is 23.4. The molecule has 2 heterocycles. The molecule has 0 aliphatic rings. The zero-order valence-electron chi connectivity index (χ0n) is 22.0. The van der Waals surface area contributed by atoms with Crippen LogP contribution in [0.1, 0.15) is 41.6 Å². The highest BCUT2D eigenvalue weighted by Crippen LogP contribution is 2.30. The van der Waals surface area contributed by atoms with Crippen molar-refractivity contribution in [2.75, 3.05) is 6.61 Å². The topological polar surface area (TPSA) is 114 Å². The van der Waals surface area contributed by atoms with E-state index in [2.05, 4.69) is 17.1 Å². The molecule has 2 aromatic heterocycles. The fraction of sp³-hybridized carbons (Fsp3) is 0.226. The first-order chi connectivity index (χ1) is 19.0. The van der Waals surface area contributed by atoms with Crippen molar-refractivity contribution in [1.82, 2.24) is 19.7 Å². The third-order valence-corrected chi connectivity index (χ3v) is 6.78. The zero-order chi connectivity index (χ0) is 27.4. The summed E-state index contributed by atoms with van der Waals surface area (Å²) in [6.45, 7) is 4.03. The van der Waals surface area contributed by atoms with Crippen LogP contribution in [0.15, 0.2) is 86.9 Å². The van der Waals surface area contributed by atoms with E-state index in [0.717, 1.165) is 52.0 Å². The molecule has 0 radical (unpaired) electrons. The predicted octanol–water partition coefficient (Wildman–Crippen LogP) is 4.63. The van der Waals surface area contributed by atoms with Gasteiger partial charge < -0.3 is 5.11 Å². The average Bonchev–Trinajstić information content (AvgIpc) is 3.38. The molecule has 0 fully saturated rings. The number of nitrogens with zero attached hydrogens (tertiary/aromatic N) is 3. The molecule has 0 aliphatic carbocycles. The molecule has 3 aromatic carbocycles. The molecule has 0 amide bonds. The monoisotopic (exact) mass is 522 g/mol. The van der Waals surface area contributed by atoms with E-state index in [1.807, 2.05) is 79.7 Å². The van der Waals surface area contributed by atoms with Gasteiger partial charge in [0, 0.05) is 24.2 Å². The van der Waals surface area contributed by atoms with E-state index in [9.17, 15) is 14.7 Å². The maximum absolute atomic E-state index is 13.8. The summed E-state index contributed by atoms with van der Waals surface area (Å²) in [7, 11) is 0. The molecule has 5 rings (SSSR count). The van der Waals surface area contributed by atoms with E-state index in [-0.39, 0.29) is 12.2 Å². The molecular weight excluding hydrogens is 492 g/mol. The van der Waals surface area contributed by atoms with Crippen LogP contribution >= 0.6 is 0 Å².